The van der Waals surface area contributed by atoms with Crippen molar-refractivity contribution >= 4 is 5.97 Å². The van der Waals surface area contributed by atoms with Gasteiger partial charge in [0.2, 0.25) is 0 Å². The summed E-state index contributed by atoms with van der Waals surface area (Å²) in [6.07, 6.45) is 2.09. The van der Waals surface area contributed by atoms with Crippen LogP contribution in [0.2, 0.25) is 0 Å². The first kappa shape index (κ1) is 9.80. The molecule has 0 amide bonds. The van der Waals surface area contributed by atoms with E-state index >= 15 is 0 Å². The molecule has 72 valence electrons. The molecule has 0 radical (unpaired) electrons. The zero-order chi connectivity index (χ0) is 9.84. The lowest BCUT2D eigenvalue weighted by atomic mass is 10.0. The highest BCUT2D eigenvalue weighted by atomic mass is 16.4. The van der Waals surface area contributed by atoms with Crippen molar-refractivity contribution in [1.82, 2.24) is 0 Å². The Morgan fingerprint density at radius 3 is 2.92 bits per heavy atom. The standard InChI is InChI=1S/C9H13NO3/c1-6-7(4-5-13-6)8(10)2-3-9(11)12/h4-5,8H,2-3,10H2,1H3,(H,11,12). The normalized spacial score (nSPS) is 12.8. The van der Waals surface area contributed by atoms with E-state index in [2.05, 4.69) is 0 Å². The number of furan rings is 1. The van der Waals surface area contributed by atoms with E-state index in [9.17, 15) is 4.79 Å². The predicted molar refractivity (Wildman–Crippen MR) is 47.2 cm³/mol. The van der Waals surface area contributed by atoms with Crippen LogP contribution in [0.15, 0.2) is 16.7 Å². The number of aryl methyl sites for hydroxylation is 1. The van der Waals surface area contributed by atoms with Gasteiger partial charge in [0, 0.05) is 18.0 Å². The van der Waals surface area contributed by atoms with Crippen molar-refractivity contribution in [1.29, 1.82) is 0 Å². The summed E-state index contributed by atoms with van der Waals surface area (Å²) >= 11 is 0. The van der Waals surface area contributed by atoms with Crippen molar-refractivity contribution < 1.29 is 14.3 Å². The molecule has 0 fully saturated rings. The van der Waals surface area contributed by atoms with Crippen molar-refractivity contribution in [2.75, 3.05) is 0 Å². The molecular weight excluding hydrogens is 170 g/mol. The first-order valence-electron chi connectivity index (χ1n) is 4.12. The molecule has 4 nitrogen and oxygen atoms in total. The number of hydrogen-bond donors (Lipinski definition) is 2. The van der Waals surface area contributed by atoms with Crippen LogP contribution in [0.1, 0.15) is 30.2 Å². The Labute approximate surface area is 76.3 Å². The zero-order valence-electron chi connectivity index (χ0n) is 7.49. The van der Waals surface area contributed by atoms with E-state index in [1.165, 1.54) is 0 Å². The van der Waals surface area contributed by atoms with E-state index in [4.69, 9.17) is 15.3 Å². The Kier molecular flexibility index (Phi) is 3.08. The van der Waals surface area contributed by atoms with Gasteiger partial charge < -0.3 is 15.3 Å². The number of hydrogen-bond acceptors (Lipinski definition) is 3. The largest absolute Gasteiger partial charge is 0.481 e. The van der Waals surface area contributed by atoms with Crippen molar-refractivity contribution in [2.45, 2.75) is 25.8 Å². The number of nitrogens with two attached hydrogens (primary N) is 1. The smallest absolute Gasteiger partial charge is 0.303 e. The second-order valence-corrected chi connectivity index (χ2v) is 2.97. The predicted octanol–water partition coefficient (Wildman–Crippen LogP) is 1.45. The first-order chi connectivity index (χ1) is 6.11. The molecule has 4 heteroatoms. The summed E-state index contributed by atoms with van der Waals surface area (Å²) in [4.78, 5) is 10.3. The lowest BCUT2D eigenvalue weighted by Gasteiger charge is -2.08. The summed E-state index contributed by atoms with van der Waals surface area (Å²) in [5, 5.41) is 8.45. The monoisotopic (exact) mass is 183 g/mol. The lowest BCUT2D eigenvalue weighted by Crippen LogP contribution is -2.12. The summed E-state index contributed by atoms with van der Waals surface area (Å²) in [5.41, 5.74) is 6.66. The minimum absolute atomic E-state index is 0.0891. The first-order valence-corrected chi connectivity index (χ1v) is 4.12. The van der Waals surface area contributed by atoms with Gasteiger partial charge in [0.05, 0.1) is 6.26 Å². The molecule has 1 aromatic rings. The van der Waals surface area contributed by atoms with E-state index in [1.807, 2.05) is 6.92 Å². The molecule has 0 saturated carbocycles. The van der Waals surface area contributed by atoms with Crippen LogP contribution < -0.4 is 5.73 Å². The highest BCUT2D eigenvalue weighted by Crippen LogP contribution is 2.20. The number of carboxylic acids is 1. The van der Waals surface area contributed by atoms with Crippen LogP contribution in [0.4, 0.5) is 0 Å². The van der Waals surface area contributed by atoms with Crippen LogP contribution in [-0.4, -0.2) is 11.1 Å². The van der Waals surface area contributed by atoms with Gasteiger partial charge in [0.25, 0.3) is 0 Å². The van der Waals surface area contributed by atoms with Crippen molar-refractivity contribution in [3.05, 3.63) is 23.7 Å². The highest BCUT2D eigenvalue weighted by Gasteiger charge is 2.12. The molecule has 0 aliphatic heterocycles. The summed E-state index contributed by atoms with van der Waals surface area (Å²) in [6.45, 7) is 1.82. The van der Waals surface area contributed by atoms with Crippen LogP contribution in [0.3, 0.4) is 0 Å². The molecular formula is C9H13NO3. The maximum Gasteiger partial charge on any atom is 0.303 e. The third-order valence-electron chi connectivity index (χ3n) is 1.97. The summed E-state index contributed by atoms with van der Waals surface area (Å²) < 4.78 is 5.07. The maximum atomic E-state index is 10.3. The number of carbonyl (C=O) groups is 1. The second-order valence-electron chi connectivity index (χ2n) is 2.97. The molecule has 1 atom stereocenters. The van der Waals surface area contributed by atoms with Crippen LogP contribution in [0, 0.1) is 6.92 Å². The van der Waals surface area contributed by atoms with Gasteiger partial charge in [-0.1, -0.05) is 0 Å². The van der Waals surface area contributed by atoms with Crippen LogP contribution >= 0.6 is 0 Å². The molecule has 0 aromatic carbocycles. The van der Waals surface area contributed by atoms with Gasteiger partial charge in [-0.15, -0.1) is 0 Å². The zero-order valence-corrected chi connectivity index (χ0v) is 7.49. The SMILES string of the molecule is Cc1occc1C(N)CCC(=O)O. The van der Waals surface area contributed by atoms with E-state index in [0.717, 1.165) is 11.3 Å². The third kappa shape index (κ3) is 2.59. The van der Waals surface area contributed by atoms with Gasteiger partial charge in [-0.2, -0.15) is 0 Å². The number of aliphatic carboxylic acids is 1. The van der Waals surface area contributed by atoms with Crippen LogP contribution in [0.5, 0.6) is 0 Å². The second kappa shape index (κ2) is 4.09. The van der Waals surface area contributed by atoms with E-state index in [0.29, 0.717) is 6.42 Å². The number of carboxylic acid groups (broad SMARTS) is 1. The van der Waals surface area contributed by atoms with Crippen LogP contribution in [0.25, 0.3) is 0 Å². The lowest BCUT2D eigenvalue weighted by molar-refractivity contribution is -0.137. The fourth-order valence-corrected chi connectivity index (χ4v) is 1.21. The third-order valence-corrected chi connectivity index (χ3v) is 1.97. The van der Waals surface area contributed by atoms with E-state index in [1.54, 1.807) is 12.3 Å². The van der Waals surface area contributed by atoms with Gasteiger partial charge in [-0.25, -0.2) is 0 Å². The van der Waals surface area contributed by atoms with E-state index in [-0.39, 0.29) is 12.5 Å². The average Bonchev–Trinajstić information content (AvgIpc) is 2.47. The molecule has 1 aromatic heterocycles. The molecule has 0 spiro atoms. The Hall–Kier alpha value is -1.29. The molecule has 0 aliphatic rings. The van der Waals surface area contributed by atoms with E-state index < -0.39 is 5.97 Å². The molecule has 1 unspecified atom stereocenters. The van der Waals surface area contributed by atoms with Gasteiger partial charge in [0.15, 0.2) is 0 Å². The summed E-state index contributed by atoms with van der Waals surface area (Å²) in [7, 11) is 0. The molecule has 1 rings (SSSR count). The Morgan fingerprint density at radius 2 is 2.46 bits per heavy atom. The molecule has 3 N–H and O–H groups in total. The van der Waals surface area contributed by atoms with Crippen molar-refractivity contribution in [3.63, 3.8) is 0 Å². The topological polar surface area (TPSA) is 76.5 Å². The minimum Gasteiger partial charge on any atom is -0.481 e. The maximum absolute atomic E-state index is 10.3. The van der Waals surface area contributed by atoms with Gasteiger partial charge in [0.1, 0.15) is 5.76 Å². The molecule has 0 aliphatic carbocycles. The van der Waals surface area contributed by atoms with Gasteiger partial charge >= 0.3 is 5.97 Å². The summed E-state index contributed by atoms with van der Waals surface area (Å²) in [5.74, 6) is -0.0607. The minimum atomic E-state index is -0.823. The Morgan fingerprint density at radius 1 is 1.77 bits per heavy atom. The molecule has 13 heavy (non-hydrogen) atoms. The quantitative estimate of drug-likeness (QED) is 0.740. The van der Waals surface area contributed by atoms with Crippen molar-refractivity contribution in [2.24, 2.45) is 5.73 Å². The Bertz CT molecular complexity index is 293. The summed E-state index contributed by atoms with van der Waals surface area (Å²) in [6, 6.07) is 1.54. The van der Waals surface area contributed by atoms with Crippen LogP contribution in [-0.2, 0) is 4.79 Å². The fraction of sp³-hybridized carbons (Fsp3) is 0.444. The molecule has 1 heterocycles. The van der Waals surface area contributed by atoms with Gasteiger partial charge in [-0.05, 0) is 19.4 Å². The molecule has 0 bridgehead atoms. The average molecular weight is 183 g/mol. The fourth-order valence-electron chi connectivity index (χ4n) is 1.21. The van der Waals surface area contributed by atoms with Gasteiger partial charge in [-0.3, -0.25) is 4.79 Å². The molecule has 0 saturated heterocycles. The number of rotatable bonds is 4. The Balaban J connectivity index is 2.53. The highest BCUT2D eigenvalue weighted by molar-refractivity contribution is 5.66. The van der Waals surface area contributed by atoms with Crippen molar-refractivity contribution in [3.8, 4) is 0 Å².